The van der Waals surface area contributed by atoms with Gasteiger partial charge in [0.15, 0.2) is 0 Å². The second-order valence-corrected chi connectivity index (χ2v) is 5.01. The molecule has 1 N–H and O–H groups in total. The van der Waals surface area contributed by atoms with Gasteiger partial charge in [-0.1, -0.05) is 30.3 Å². The zero-order valence-corrected chi connectivity index (χ0v) is 13.3. The van der Waals surface area contributed by atoms with Crippen molar-refractivity contribution < 1.29 is 14.3 Å². The van der Waals surface area contributed by atoms with Gasteiger partial charge in [-0.15, -0.1) is 0 Å². The van der Waals surface area contributed by atoms with Crippen LogP contribution in [0.15, 0.2) is 54.6 Å². The molecule has 0 saturated heterocycles. The van der Waals surface area contributed by atoms with Crippen LogP contribution in [0.3, 0.4) is 0 Å². The third kappa shape index (κ3) is 4.57. The second-order valence-electron chi connectivity index (χ2n) is 5.01. The summed E-state index contributed by atoms with van der Waals surface area (Å²) in [7, 11) is 1.55. The minimum Gasteiger partial charge on any atom is -0.495 e. The van der Waals surface area contributed by atoms with Crippen molar-refractivity contribution in [2.45, 2.75) is 13.3 Å². The lowest BCUT2D eigenvalue weighted by molar-refractivity contribution is -0.117. The summed E-state index contributed by atoms with van der Waals surface area (Å²) in [4.78, 5) is 25.5. The van der Waals surface area contributed by atoms with Gasteiger partial charge in [-0.05, 0) is 24.3 Å². The third-order valence-electron chi connectivity index (χ3n) is 3.38. The summed E-state index contributed by atoms with van der Waals surface area (Å²) in [6, 6.07) is 16.5. The maximum Gasteiger partial charge on any atom is 0.226 e. The van der Waals surface area contributed by atoms with Gasteiger partial charge in [-0.3, -0.25) is 9.59 Å². The first-order chi connectivity index (χ1) is 11.1. The molecule has 0 aromatic heterocycles. The van der Waals surface area contributed by atoms with E-state index in [-0.39, 0.29) is 24.8 Å². The molecule has 0 aliphatic rings. The van der Waals surface area contributed by atoms with E-state index in [4.69, 9.17) is 4.74 Å². The predicted octanol–water partition coefficient (Wildman–Crippen LogP) is 3.08. The molecule has 0 spiro atoms. The van der Waals surface area contributed by atoms with Crippen molar-refractivity contribution in [3.05, 3.63) is 54.6 Å². The molecule has 2 aromatic carbocycles. The van der Waals surface area contributed by atoms with E-state index in [2.05, 4.69) is 5.32 Å². The lowest BCUT2D eigenvalue weighted by Crippen LogP contribution is -2.32. The van der Waals surface area contributed by atoms with Crippen LogP contribution < -0.4 is 15.0 Å². The van der Waals surface area contributed by atoms with Crippen LogP contribution in [0.1, 0.15) is 13.3 Å². The summed E-state index contributed by atoms with van der Waals surface area (Å²) in [6.07, 6.45) is 0.201. The summed E-state index contributed by atoms with van der Waals surface area (Å²) >= 11 is 0. The molecule has 120 valence electrons. The smallest absolute Gasteiger partial charge is 0.226 e. The van der Waals surface area contributed by atoms with Gasteiger partial charge < -0.3 is 15.0 Å². The van der Waals surface area contributed by atoms with E-state index < -0.39 is 0 Å². The molecule has 0 fully saturated rings. The molecular formula is C18H20N2O3. The number of benzene rings is 2. The van der Waals surface area contributed by atoms with Crippen LogP contribution in [0.4, 0.5) is 11.4 Å². The number of carbonyl (C=O) groups is 2. The largest absolute Gasteiger partial charge is 0.495 e. The van der Waals surface area contributed by atoms with Gasteiger partial charge in [0.2, 0.25) is 11.8 Å². The first-order valence-corrected chi connectivity index (χ1v) is 7.38. The summed E-state index contributed by atoms with van der Waals surface area (Å²) in [5, 5.41) is 2.81. The van der Waals surface area contributed by atoms with Crippen molar-refractivity contribution in [2.75, 3.05) is 23.9 Å². The molecular weight excluding hydrogens is 292 g/mol. The molecule has 0 radical (unpaired) electrons. The monoisotopic (exact) mass is 312 g/mol. The Bertz CT molecular complexity index is 671. The van der Waals surface area contributed by atoms with E-state index in [9.17, 15) is 9.59 Å². The van der Waals surface area contributed by atoms with Gasteiger partial charge >= 0.3 is 0 Å². The van der Waals surface area contributed by atoms with E-state index >= 15 is 0 Å². The molecule has 0 aliphatic carbocycles. The highest BCUT2D eigenvalue weighted by Gasteiger charge is 2.17. The molecule has 0 aliphatic heterocycles. The number of amides is 2. The number of nitrogens with one attached hydrogen (secondary N) is 1. The molecule has 0 heterocycles. The first kappa shape index (κ1) is 16.5. The molecule has 5 nitrogen and oxygen atoms in total. The maximum atomic E-state index is 12.0. The standard InChI is InChI=1S/C18H20N2O3/c1-14(21)20(16-10-6-7-11-17(16)23-2)13-12-18(22)19-15-8-4-3-5-9-15/h3-11H,12-13H2,1-2H3,(H,19,22). The quantitative estimate of drug-likeness (QED) is 0.892. The first-order valence-electron chi connectivity index (χ1n) is 7.38. The van der Waals surface area contributed by atoms with Crippen LogP contribution in [-0.2, 0) is 9.59 Å². The molecule has 2 amide bonds. The Kier molecular flexibility index (Phi) is 5.74. The van der Waals surface area contributed by atoms with Crippen molar-refractivity contribution in [1.82, 2.24) is 0 Å². The molecule has 2 rings (SSSR count). The summed E-state index contributed by atoms with van der Waals surface area (Å²) in [5.41, 5.74) is 1.40. The number of anilines is 2. The van der Waals surface area contributed by atoms with Crippen LogP contribution >= 0.6 is 0 Å². The summed E-state index contributed by atoms with van der Waals surface area (Å²) < 4.78 is 5.28. The summed E-state index contributed by atoms with van der Waals surface area (Å²) in [6.45, 7) is 1.76. The van der Waals surface area contributed by atoms with E-state index in [1.165, 1.54) is 6.92 Å². The SMILES string of the molecule is COc1ccccc1N(CCC(=O)Nc1ccccc1)C(C)=O. The van der Waals surface area contributed by atoms with Gasteiger partial charge in [0.05, 0.1) is 12.8 Å². The van der Waals surface area contributed by atoms with Crippen LogP contribution in [0, 0.1) is 0 Å². The zero-order chi connectivity index (χ0) is 16.7. The van der Waals surface area contributed by atoms with Gasteiger partial charge in [0.25, 0.3) is 0 Å². The normalized spacial score (nSPS) is 10.0. The van der Waals surface area contributed by atoms with Gasteiger partial charge in [0, 0.05) is 25.6 Å². The predicted molar refractivity (Wildman–Crippen MR) is 90.7 cm³/mol. The molecule has 2 aromatic rings. The Hall–Kier alpha value is -2.82. The average Bonchev–Trinajstić information content (AvgIpc) is 2.56. The maximum absolute atomic E-state index is 12.0. The van der Waals surface area contributed by atoms with E-state index in [1.807, 2.05) is 42.5 Å². The number of rotatable bonds is 6. The Labute approximate surface area is 135 Å². The Morgan fingerprint density at radius 1 is 1.04 bits per heavy atom. The van der Waals surface area contributed by atoms with Crippen LogP contribution in [-0.4, -0.2) is 25.5 Å². The molecule has 0 unspecified atom stereocenters. The zero-order valence-electron chi connectivity index (χ0n) is 13.3. The minimum absolute atomic E-state index is 0.137. The van der Waals surface area contributed by atoms with Crippen molar-refractivity contribution in [1.29, 1.82) is 0 Å². The fourth-order valence-corrected chi connectivity index (χ4v) is 2.26. The average molecular weight is 312 g/mol. The van der Waals surface area contributed by atoms with Crippen molar-refractivity contribution >= 4 is 23.2 Å². The molecule has 5 heteroatoms. The van der Waals surface area contributed by atoms with Crippen molar-refractivity contribution in [2.24, 2.45) is 0 Å². The minimum atomic E-state index is -0.141. The lowest BCUT2D eigenvalue weighted by atomic mass is 10.2. The van der Waals surface area contributed by atoms with E-state index in [0.717, 1.165) is 5.69 Å². The van der Waals surface area contributed by atoms with Crippen LogP contribution in [0.2, 0.25) is 0 Å². The highest BCUT2D eigenvalue weighted by Crippen LogP contribution is 2.27. The lowest BCUT2D eigenvalue weighted by Gasteiger charge is -2.23. The molecule has 0 atom stereocenters. The molecule has 0 saturated carbocycles. The fraction of sp³-hybridized carbons (Fsp3) is 0.222. The number of ether oxygens (including phenoxy) is 1. The highest BCUT2D eigenvalue weighted by molar-refractivity contribution is 5.95. The number of hydrogen-bond acceptors (Lipinski definition) is 3. The van der Waals surface area contributed by atoms with Crippen molar-refractivity contribution in [3.63, 3.8) is 0 Å². The number of carbonyl (C=O) groups excluding carboxylic acids is 2. The second kappa shape index (κ2) is 7.98. The van der Waals surface area contributed by atoms with Gasteiger partial charge in [-0.2, -0.15) is 0 Å². The van der Waals surface area contributed by atoms with Crippen molar-refractivity contribution in [3.8, 4) is 5.75 Å². The number of hydrogen-bond donors (Lipinski definition) is 1. The third-order valence-corrected chi connectivity index (χ3v) is 3.38. The highest BCUT2D eigenvalue weighted by atomic mass is 16.5. The Morgan fingerprint density at radius 3 is 2.35 bits per heavy atom. The molecule has 23 heavy (non-hydrogen) atoms. The van der Waals surface area contributed by atoms with Crippen LogP contribution in [0.25, 0.3) is 0 Å². The number of para-hydroxylation sites is 3. The molecule has 0 bridgehead atoms. The Morgan fingerprint density at radius 2 is 1.70 bits per heavy atom. The van der Waals surface area contributed by atoms with Gasteiger partial charge in [-0.25, -0.2) is 0 Å². The topological polar surface area (TPSA) is 58.6 Å². The van der Waals surface area contributed by atoms with Crippen LogP contribution in [0.5, 0.6) is 5.75 Å². The van der Waals surface area contributed by atoms with E-state index in [1.54, 1.807) is 24.1 Å². The number of methoxy groups -OCH3 is 1. The Balaban J connectivity index is 2.03. The van der Waals surface area contributed by atoms with Gasteiger partial charge in [0.1, 0.15) is 5.75 Å². The summed E-state index contributed by atoms with van der Waals surface area (Å²) in [5.74, 6) is 0.325. The fourth-order valence-electron chi connectivity index (χ4n) is 2.26. The van der Waals surface area contributed by atoms with E-state index in [0.29, 0.717) is 11.4 Å². The number of nitrogens with zero attached hydrogens (tertiary/aromatic N) is 1.